The van der Waals surface area contributed by atoms with Gasteiger partial charge in [0.2, 0.25) is 0 Å². The molecule has 4 aromatic carbocycles. The SMILES string of the molecule is COc1cccc2c1OCC1C(c3ccccc3)c3cccc4c3N(C21)[C@H](c1ccccc1)C4. The van der Waals surface area contributed by atoms with Gasteiger partial charge in [-0.3, -0.25) is 0 Å². The Bertz CT molecular complexity index is 1350. The van der Waals surface area contributed by atoms with Crippen molar-refractivity contribution >= 4 is 5.69 Å². The highest BCUT2D eigenvalue weighted by molar-refractivity contribution is 5.72. The molecule has 0 spiro atoms. The average molecular weight is 446 g/mol. The maximum absolute atomic E-state index is 6.48. The predicted octanol–water partition coefficient (Wildman–Crippen LogP) is 6.69. The molecule has 3 nitrogen and oxygen atoms in total. The van der Waals surface area contributed by atoms with Crippen LogP contribution in [-0.4, -0.2) is 13.7 Å². The molecule has 4 atom stereocenters. The van der Waals surface area contributed by atoms with Crippen molar-refractivity contribution in [1.29, 1.82) is 0 Å². The fourth-order valence-corrected chi connectivity index (χ4v) is 6.63. The number of para-hydroxylation sites is 2. The minimum Gasteiger partial charge on any atom is -0.493 e. The molecule has 168 valence electrons. The van der Waals surface area contributed by atoms with Crippen LogP contribution in [0, 0.1) is 5.92 Å². The summed E-state index contributed by atoms with van der Waals surface area (Å²) >= 11 is 0. The molecule has 0 amide bonds. The van der Waals surface area contributed by atoms with E-state index in [1.807, 2.05) is 6.07 Å². The molecule has 3 heterocycles. The van der Waals surface area contributed by atoms with Crippen LogP contribution in [0.15, 0.2) is 97.1 Å². The molecule has 7 rings (SSSR count). The van der Waals surface area contributed by atoms with E-state index in [0.29, 0.717) is 18.6 Å². The topological polar surface area (TPSA) is 21.7 Å². The van der Waals surface area contributed by atoms with Crippen LogP contribution >= 0.6 is 0 Å². The van der Waals surface area contributed by atoms with Gasteiger partial charge in [-0.25, -0.2) is 0 Å². The number of anilines is 1. The van der Waals surface area contributed by atoms with E-state index < -0.39 is 0 Å². The fourth-order valence-electron chi connectivity index (χ4n) is 6.63. The lowest BCUT2D eigenvalue weighted by Crippen LogP contribution is -2.46. The van der Waals surface area contributed by atoms with Gasteiger partial charge in [0.1, 0.15) is 0 Å². The van der Waals surface area contributed by atoms with Gasteiger partial charge in [-0.05, 0) is 34.7 Å². The quantitative estimate of drug-likeness (QED) is 0.350. The van der Waals surface area contributed by atoms with Crippen molar-refractivity contribution in [3.63, 3.8) is 0 Å². The predicted molar refractivity (Wildman–Crippen MR) is 135 cm³/mol. The number of ether oxygens (including phenoxy) is 2. The standard InChI is InChI=1S/C31H27NO2/c1-33-27-17-9-16-24-30-25(19-34-31(24)27)28(21-12-6-3-7-13-21)23-15-8-14-22-18-26(32(30)29(22)23)20-10-4-2-5-11-20/h2-17,25-26,28,30H,18-19H2,1H3/t25?,26-,28?,30?/m0/s1. The summed E-state index contributed by atoms with van der Waals surface area (Å²) in [6, 6.07) is 35.8. The van der Waals surface area contributed by atoms with Crippen LogP contribution in [0.3, 0.4) is 0 Å². The van der Waals surface area contributed by atoms with E-state index in [1.165, 1.54) is 33.5 Å². The van der Waals surface area contributed by atoms with Gasteiger partial charge in [-0.1, -0.05) is 91.0 Å². The Morgan fingerprint density at radius 3 is 2.24 bits per heavy atom. The van der Waals surface area contributed by atoms with Gasteiger partial charge < -0.3 is 14.4 Å². The maximum Gasteiger partial charge on any atom is 0.166 e. The van der Waals surface area contributed by atoms with Crippen LogP contribution in [0.2, 0.25) is 0 Å². The van der Waals surface area contributed by atoms with E-state index in [0.717, 1.165) is 17.9 Å². The van der Waals surface area contributed by atoms with Crippen molar-refractivity contribution in [2.24, 2.45) is 5.92 Å². The molecule has 0 N–H and O–H groups in total. The molecular weight excluding hydrogens is 418 g/mol. The highest BCUT2D eigenvalue weighted by Crippen LogP contribution is 2.61. The first-order valence-electron chi connectivity index (χ1n) is 12.1. The zero-order chi connectivity index (χ0) is 22.6. The summed E-state index contributed by atoms with van der Waals surface area (Å²) in [7, 11) is 1.73. The van der Waals surface area contributed by atoms with E-state index in [-0.39, 0.29) is 12.0 Å². The van der Waals surface area contributed by atoms with Crippen LogP contribution in [0.25, 0.3) is 0 Å². The second kappa shape index (κ2) is 7.66. The number of methoxy groups -OCH3 is 1. The van der Waals surface area contributed by atoms with Crippen LogP contribution in [0.1, 0.15) is 45.8 Å². The summed E-state index contributed by atoms with van der Waals surface area (Å²) in [4.78, 5) is 2.71. The Balaban J connectivity index is 1.49. The lowest BCUT2D eigenvalue weighted by Gasteiger charge is -2.51. The number of benzene rings is 4. The molecule has 0 aliphatic carbocycles. The van der Waals surface area contributed by atoms with E-state index in [4.69, 9.17) is 9.47 Å². The molecule has 0 radical (unpaired) electrons. The molecule has 0 saturated carbocycles. The van der Waals surface area contributed by atoms with E-state index >= 15 is 0 Å². The van der Waals surface area contributed by atoms with Gasteiger partial charge in [-0.15, -0.1) is 0 Å². The van der Waals surface area contributed by atoms with Crippen molar-refractivity contribution in [2.75, 3.05) is 18.6 Å². The Morgan fingerprint density at radius 1 is 0.765 bits per heavy atom. The third kappa shape index (κ3) is 2.76. The number of hydrogen-bond donors (Lipinski definition) is 0. The van der Waals surface area contributed by atoms with Gasteiger partial charge >= 0.3 is 0 Å². The Morgan fingerprint density at radius 2 is 1.47 bits per heavy atom. The van der Waals surface area contributed by atoms with Gasteiger partial charge in [-0.2, -0.15) is 0 Å². The van der Waals surface area contributed by atoms with Crippen LogP contribution in [-0.2, 0) is 6.42 Å². The lowest BCUT2D eigenvalue weighted by molar-refractivity contribution is 0.160. The summed E-state index contributed by atoms with van der Waals surface area (Å²) in [5.41, 5.74) is 8.27. The van der Waals surface area contributed by atoms with Gasteiger partial charge in [0.05, 0.1) is 25.8 Å². The second-order valence-corrected chi connectivity index (χ2v) is 9.58. The molecule has 34 heavy (non-hydrogen) atoms. The minimum absolute atomic E-state index is 0.213. The van der Waals surface area contributed by atoms with Gasteiger partial charge in [0.15, 0.2) is 11.5 Å². The summed E-state index contributed by atoms with van der Waals surface area (Å²) < 4.78 is 12.2. The normalized spacial score (nSPS) is 24.0. The first-order chi connectivity index (χ1) is 16.8. The van der Waals surface area contributed by atoms with Crippen molar-refractivity contribution in [3.05, 3.63) is 125 Å². The van der Waals surface area contributed by atoms with Crippen LogP contribution in [0.4, 0.5) is 5.69 Å². The number of hydrogen-bond acceptors (Lipinski definition) is 3. The van der Waals surface area contributed by atoms with Gasteiger partial charge in [0, 0.05) is 23.1 Å². The average Bonchev–Trinajstić information content (AvgIpc) is 3.30. The summed E-state index contributed by atoms with van der Waals surface area (Å²) in [6.07, 6.45) is 1.03. The summed E-state index contributed by atoms with van der Waals surface area (Å²) in [5.74, 6) is 2.31. The molecule has 3 aliphatic heterocycles. The zero-order valence-electron chi connectivity index (χ0n) is 19.2. The smallest absolute Gasteiger partial charge is 0.166 e. The molecule has 3 heteroatoms. The molecule has 0 bridgehead atoms. The molecule has 0 fully saturated rings. The summed E-state index contributed by atoms with van der Waals surface area (Å²) in [6.45, 7) is 0.666. The third-order valence-corrected chi connectivity index (χ3v) is 7.94. The number of rotatable bonds is 3. The molecule has 4 aromatic rings. The van der Waals surface area contributed by atoms with Crippen molar-refractivity contribution < 1.29 is 9.47 Å². The maximum atomic E-state index is 6.48. The van der Waals surface area contributed by atoms with Crippen LogP contribution < -0.4 is 14.4 Å². The molecule has 3 aliphatic rings. The number of fused-ring (bicyclic) bond motifs is 4. The Kier molecular flexibility index (Phi) is 4.45. The minimum atomic E-state index is 0.213. The van der Waals surface area contributed by atoms with E-state index in [1.54, 1.807) is 7.11 Å². The first kappa shape index (κ1) is 19.7. The number of nitrogens with zero attached hydrogens (tertiary/aromatic N) is 1. The zero-order valence-corrected chi connectivity index (χ0v) is 19.2. The largest absolute Gasteiger partial charge is 0.493 e. The first-order valence-corrected chi connectivity index (χ1v) is 12.1. The highest BCUT2D eigenvalue weighted by atomic mass is 16.5. The van der Waals surface area contributed by atoms with Gasteiger partial charge in [0.25, 0.3) is 0 Å². The van der Waals surface area contributed by atoms with E-state index in [2.05, 4.69) is 95.9 Å². The van der Waals surface area contributed by atoms with Crippen molar-refractivity contribution in [3.8, 4) is 11.5 Å². The molecule has 0 aromatic heterocycles. The van der Waals surface area contributed by atoms with Crippen molar-refractivity contribution in [1.82, 2.24) is 0 Å². The van der Waals surface area contributed by atoms with Crippen molar-refractivity contribution in [2.45, 2.75) is 24.4 Å². The highest BCUT2D eigenvalue weighted by Gasteiger charge is 2.51. The third-order valence-electron chi connectivity index (χ3n) is 7.94. The second-order valence-electron chi connectivity index (χ2n) is 9.58. The van der Waals surface area contributed by atoms with E-state index in [9.17, 15) is 0 Å². The lowest BCUT2D eigenvalue weighted by atomic mass is 9.70. The Hall–Kier alpha value is -3.72. The molecule has 3 unspecified atom stereocenters. The summed E-state index contributed by atoms with van der Waals surface area (Å²) in [5, 5.41) is 0. The fraction of sp³-hybridized carbons (Fsp3) is 0.226. The molecule has 0 saturated heterocycles. The van der Waals surface area contributed by atoms with Crippen LogP contribution in [0.5, 0.6) is 11.5 Å². The monoisotopic (exact) mass is 445 g/mol. The Labute approximate surface area is 200 Å². The molecular formula is C31H27NO2.